The highest BCUT2D eigenvalue weighted by Gasteiger charge is 2.24. The van der Waals surface area contributed by atoms with Crippen LogP contribution in [0, 0.1) is 0 Å². The lowest BCUT2D eigenvalue weighted by molar-refractivity contribution is 0.296. The van der Waals surface area contributed by atoms with Crippen LogP contribution < -0.4 is 10.5 Å². The summed E-state index contributed by atoms with van der Waals surface area (Å²) in [6.07, 6.45) is 6.40. The Morgan fingerprint density at radius 3 is 3.00 bits per heavy atom. The number of nitrogens with zero attached hydrogens (tertiary/aromatic N) is 1. The monoisotopic (exact) mass is 196 g/mol. The molecular formula is C9H12N2OS. The molecular weight excluding hydrogens is 184 g/mol. The first-order valence-electron chi connectivity index (χ1n) is 4.26. The van der Waals surface area contributed by atoms with E-state index in [1.165, 1.54) is 0 Å². The van der Waals surface area contributed by atoms with Gasteiger partial charge in [0.25, 0.3) is 0 Å². The fourth-order valence-electron chi connectivity index (χ4n) is 1.11. The molecule has 0 unspecified atom stereocenters. The fourth-order valence-corrected chi connectivity index (χ4v) is 1.69. The summed E-state index contributed by atoms with van der Waals surface area (Å²) in [5.41, 5.74) is 5.72. The van der Waals surface area contributed by atoms with Gasteiger partial charge in [-0.3, -0.25) is 0 Å². The largest absolute Gasteiger partial charge is 0.489 e. The number of nitrogen functional groups attached to an aromatic ring is 1. The highest BCUT2D eigenvalue weighted by Crippen LogP contribution is 2.35. The van der Waals surface area contributed by atoms with E-state index in [2.05, 4.69) is 4.98 Å². The van der Waals surface area contributed by atoms with Crippen LogP contribution in [0.3, 0.4) is 0 Å². The van der Waals surface area contributed by atoms with Gasteiger partial charge in [0.05, 0.1) is 11.0 Å². The Labute approximate surface area is 81.7 Å². The van der Waals surface area contributed by atoms with E-state index in [4.69, 9.17) is 10.5 Å². The predicted molar refractivity (Wildman–Crippen MR) is 54.1 cm³/mol. The molecule has 1 aromatic rings. The average molecular weight is 196 g/mol. The summed E-state index contributed by atoms with van der Waals surface area (Å²) in [6.45, 7) is 0. The molecule has 1 aliphatic rings. The molecule has 1 saturated carbocycles. The molecule has 1 fully saturated rings. The standard InChI is InChI=1S/C9H12N2OS/c1-13-8-7(12-6-2-3-6)4-5-11-9(8)10/h4-6H,2-3H2,1H3,(H2,10,11). The maximum Gasteiger partial charge on any atom is 0.140 e. The van der Waals surface area contributed by atoms with Crippen molar-refractivity contribution in [2.24, 2.45) is 0 Å². The van der Waals surface area contributed by atoms with Crippen molar-refractivity contribution < 1.29 is 4.74 Å². The minimum atomic E-state index is 0.410. The number of hydrogen-bond acceptors (Lipinski definition) is 4. The molecule has 2 N–H and O–H groups in total. The molecule has 4 heteroatoms. The Hall–Kier alpha value is -0.900. The van der Waals surface area contributed by atoms with E-state index in [1.807, 2.05) is 12.3 Å². The van der Waals surface area contributed by atoms with Crippen molar-refractivity contribution >= 4 is 17.6 Å². The van der Waals surface area contributed by atoms with Gasteiger partial charge in [0, 0.05) is 6.20 Å². The summed E-state index contributed by atoms with van der Waals surface area (Å²) in [7, 11) is 0. The second kappa shape index (κ2) is 3.46. The van der Waals surface area contributed by atoms with E-state index in [-0.39, 0.29) is 0 Å². The van der Waals surface area contributed by atoms with Gasteiger partial charge >= 0.3 is 0 Å². The van der Waals surface area contributed by atoms with Gasteiger partial charge in [0.15, 0.2) is 0 Å². The van der Waals surface area contributed by atoms with Crippen molar-refractivity contribution in [3.05, 3.63) is 12.3 Å². The van der Waals surface area contributed by atoms with Crippen molar-refractivity contribution in [3.8, 4) is 5.75 Å². The molecule has 0 bridgehead atoms. The zero-order valence-electron chi connectivity index (χ0n) is 7.49. The number of ether oxygens (including phenoxy) is 1. The molecule has 70 valence electrons. The Bertz CT molecular complexity index is 312. The number of nitrogens with two attached hydrogens (primary N) is 1. The van der Waals surface area contributed by atoms with Crippen molar-refractivity contribution in [1.82, 2.24) is 4.98 Å². The van der Waals surface area contributed by atoms with Gasteiger partial charge in [-0.25, -0.2) is 4.98 Å². The summed E-state index contributed by atoms with van der Waals surface area (Å²) in [6, 6.07) is 1.88. The molecule has 3 nitrogen and oxygen atoms in total. The molecule has 0 spiro atoms. The maximum absolute atomic E-state index is 5.72. The van der Waals surface area contributed by atoms with Gasteiger partial charge in [-0.15, -0.1) is 11.8 Å². The molecule has 0 aliphatic heterocycles. The van der Waals surface area contributed by atoms with Crippen LogP contribution in [0.25, 0.3) is 0 Å². The zero-order valence-corrected chi connectivity index (χ0v) is 8.30. The minimum absolute atomic E-state index is 0.410. The van der Waals surface area contributed by atoms with Gasteiger partial charge in [-0.2, -0.15) is 0 Å². The van der Waals surface area contributed by atoms with Crippen LogP contribution in [0.5, 0.6) is 5.75 Å². The first-order valence-corrected chi connectivity index (χ1v) is 5.49. The summed E-state index contributed by atoms with van der Waals surface area (Å²) in [4.78, 5) is 4.97. The summed E-state index contributed by atoms with van der Waals surface area (Å²) in [5.74, 6) is 1.44. The number of aromatic nitrogens is 1. The number of rotatable bonds is 3. The molecule has 0 saturated heterocycles. The Morgan fingerprint density at radius 1 is 1.62 bits per heavy atom. The van der Waals surface area contributed by atoms with E-state index in [9.17, 15) is 0 Å². The lowest BCUT2D eigenvalue weighted by atomic mass is 10.4. The van der Waals surface area contributed by atoms with E-state index in [0.717, 1.165) is 23.5 Å². The molecule has 0 amide bonds. The van der Waals surface area contributed by atoms with Crippen LogP contribution in [0.4, 0.5) is 5.82 Å². The van der Waals surface area contributed by atoms with Crippen LogP contribution in [0.2, 0.25) is 0 Å². The van der Waals surface area contributed by atoms with Crippen molar-refractivity contribution in [2.45, 2.75) is 23.8 Å². The molecule has 2 rings (SSSR count). The zero-order chi connectivity index (χ0) is 9.26. The van der Waals surface area contributed by atoms with E-state index in [0.29, 0.717) is 11.9 Å². The quantitative estimate of drug-likeness (QED) is 0.750. The van der Waals surface area contributed by atoms with Crippen LogP contribution in [0.1, 0.15) is 12.8 Å². The van der Waals surface area contributed by atoms with E-state index < -0.39 is 0 Å². The van der Waals surface area contributed by atoms with Crippen LogP contribution in [0.15, 0.2) is 17.2 Å². The number of pyridine rings is 1. The summed E-state index contributed by atoms with van der Waals surface area (Å²) in [5, 5.41) is 0. The third-order valence-electron chi connectivity index (χ3n) is 1.92. The van der Waals surface area contributed by atoms with Gasteiger partial charge < -0.3 is 10.5 Å². The Morgan fingerprint density at radius 2 is 2.38 bits per heavy atom. The van der Waals surface area contributed by atoms with E-state index in [1.54, 1.807) is 18.0 Å². The fraction of sp³-hybridized carbons (Fsp3) is 0.444. The van der Waals surface area contributed by atoms with Crippen LogP contribution >= 0.6 is 11.8 Å². The van der Waals surface area contributed by atoms with Crippen molar-refractivity contribution in [1.29, 1.82) is 0 Å². The maximum atomic E-state index is 5.72. The predicted octanol–water partition coefficient (Wildman–Crippen LogP) is 1.93. The van der Waals surface area contributed by atoms with Gasteiger partial charge in [-0.05, 0) is 25.2 Å². The molecule has 13 heavy (non-hydrogen) atoms. The first kappa shape index (κ1) is 8.69. The lowest BCUT2D eigenvalue weighted by Crippen LogP contribution is -2.00. The second-order valence-electron chi connectivity index (χ2n) is 3.04. The molecule has 0 atom stereocenters. The highest BCUT2D eigenvalue weighted by molar-refractivity contribution is 7.98. The Balaban J connectivity index is 2.25. The highest BCUT2D eigenvalue weighted by atomic mass is 32.2. The van der Waals surface area contributed by atoms with Gasteiger partial charge in [0.2, 0.25) is 0 Å². The first-order chi connectivity index (χ1) is 6.31. The third-order valence-corrected chi connectivity index (χ3v) is 2.74. The lowest BCUT2D eigenvalue weighted by Gasteiger charge is -2.09. The topological polar surface area (TPSA) is 48.1 Å². The third kappa shape index (κ3) is 1.88. The van der Waals surface area contributed by atoms with Gasteiger partial charge in [0.1, 0.15) is 11.6 Å². The molecule has 1 aliphatic carbocycles. The smallest absolute Gasteiger partial charge is 0.140 e. The normalized spacial score (nSPS) is 15.8. The van der Waals surface area contributed by atoms with Crippen molar-refractivity contribution in [3.63, 3.8) is 0 Å². The Kier molecular flexibility index (Phi) is 2.31. The summed E-state index contributed by atoms with van der Waals surface area (Å²) >= 11 is 1.58. The summed E-state index contributed by atoms with van der Waals surface area (Å²) < 4.78 is 5.69. The molecule has 0 radical (unpaired) electrons. The van der Waals surface area contributed by atoms with Crippen molar-refractivity contribution in [2.75, 3.05) is 12.0 Å². The van der Waals surface area contributed by atoms with Crippen LogP contribution in [-0.2, 0) is 0 Å². The van der Waals surface area contributed by atoms with E-state index >= 15 is 0 Å². The van der Waals surface area contributed by atoms with Gasteiger partial charge in [-0.1, -0.05) is 0 Å². The second-order valence-corrected chi connectivity index (χ2v) is 3.86. The number of anilines is 1. The molecule has 0 aromatic carbocycles. The average Bonchev–Trinajstić information content (AvgIpc) is 2.89. The number of hydrogen-bond donors (Lipinski definition) is 1. The molecule has 1 heterocycles. The number of thioether (sulfide) groups is 1. The SMILES string of the molecule is CSc1c(OC2CC2)ccnc1N. The van der Waals surface area contributed by atoms with Crippen LogP contribution in [-0.4, -0.2) is 17.3 Å². The minimum Gasteiger partial charge on any atom is -0.489 e. The molecule has 1 aromatic heterocycles.